The van der Waals surface area contributed by atoms with Gasteiger partial charge in [-0.2, -0.15) is 0 Å². The minimum atomic E-state index is 0.603. The smallest absolute Gasteiger partial charge is 0.0897 e. The molecule has 19 heavy (non-hydrogen) atoms. The molecule has 1 unspecified atom stereocenters. The molecule has 0 bridgehead atoms. The highest BCUT2D eigenvalue weighted by molar-refractivity contribution is 7.09. The lowest BCUT2D eigenvalue weighted by molar-refractivity contribution is 0.211. The minimum absolute atomic E-state index is 0.603. The van der Waals surface area contributed by atoms with Crippen molar-refractivity contribution in [3.8, 4) is 0 Å². The van der Waals surface area contributed by atoms with E-state index in [0.717, 1.165) is 24.6 Å². The summed E-state index contributed by atoms with van der Waals surface area (Å²) in [5, 5.41) is 6.92. The highest BCUT2D eigenvalue weighted by Crippen LogP contribution is 2.13. The number of hydrogen-bond donors (Lipinski definition) is 1. The number of thiazole rings is 1. The molecule has 1 aromatic rings. The molecule has 1 aromatic heterocycles. The first-order valence-corrected chi connectivity index (χ1v) is 8.22. The van der Waals surface area contributed by atoms with Crippen molar-refractivity contribution in [2.24, 2.45) is 5.92 Å². The van der Waals surface area contributed by atoms with Gasteiger partial charge in [0.05, 0.1) is 10.7 Å². The average molecular weight is 283 g/mol. The SMILES string of the molecule is CCCC(CNCC(C)C)N(C)Cc1csc(C)n1. The third-order valence-corrected chi connectivity index (χ3v) is 4.08. The predicted octanol–water partition coefficient (Wildman–Crippen LogP) is 3.30. The average Bonchev–Trinajstić information content (AvgIpc) is 2.73. The molecule has 1 rings (SSSR count). The summed E-state index contributed by atoms with van der Waals surface area (Å²) >= 11 is 1.74. The van der Waals surface area contributed by atoms with Gasteiger partial charge in [-0.25, -0.2) is 4.98 Å². The van der Waals surface area contributed by atoms with Gasteiger partial charge in [0.2, 0.25) is 0 Å². The lowest BCUT2D eigenvalue weighted by Crippen LogP contribution is -2.40. The summed E-state index contributed by atoms with van der Waals surface area (Å²) in [6, 6.07) is 0.603. The van der Waals surface area contributed by atoms with Gasteiger partial charge in [-0.3, -0.25) is 4.90 Å². The zero-order valence-electron chi connectivity index (χ0n) is 13.1. The van der Waals surface area contributed by atoms with Crippen molar-refractivity contribution in [1.82, 2.24) is 15.2 Å². The van der Waals surface area contributed by atoms with Crippen molar-refractivity contribution < 1.29 is 0 Å². The molecule has 0 saturated heterocycles. The summed E-state index contributed by atoms with van der Waals surface area (Å²) in [6.45, 7) is 12.0. The van der Waals surface area contributed by atoms with Crippen molar-refractivity contribution in [1.29, 1.82) is 0 Å². The van der Waals surface area contributed by atoms with Gasteiger partial charge in [0, 0.05) is 24.5 Å². The summed E-state index contributed by atoms with van der Waals surface area (Å²) in [5.41, 5.74) is 1.20. The molecular weight excluding hydrogens is 254 g/mol. The standard InChI is InChI=1S/C15H29N3S/c1-6-7-15(9-16-8-12(2)3)18(5)10-14-11-19-13(4)17-14/h11-12,15-16H,6-10H2,1-5H3. The van der Waals surface area contributed by atoms with Crippen LogP contribution in [0.15, 0.2) is 5.38 Å². The monoisotopic (exact) mass is 283 g/mol. The van der Waals surface area contributed by atoms with Gasteiger partial charge in [0.1, 0.15) is 0 Å². The number of nitrogens with zero attached hydrogens (tertiary/aromatic N) is 2. The topological polar surface area (TPSA) is 28.2 Å². The number of rotatable bonds is 9. The Bertz CT molecular complexity index is 349. The van der Waals surface area contributed by atoms with Gasteiger partial charge in [-0.15, -0.1) is 11.3 Å². The fraction of sp³-hybridized carbons (Fsp3) is 0.800. The molecule has 0 saturated carbocycles. The third kappa shape index (κ3) is 6.50. The van der Waals surface area contributed by atoms with E-state index >= 15 is 0 Å². The molecule has 1 N–H and O–H groups in total. The van der Waals surface area contributed by atoms with Crippen LogP contribution in [0, 0.1) is 12.8 Å². The maximum Gasteiger partial charge on any atom is 0.0897 e. The molecule has 0 fully saturated rings. The van der Waals surface area contributed by atoms with Crippen LogP contribution in [0.1, 0.15) is 44.3 Å². The highest BCUT2D eigenvalue weighted by Gasteiger charge is 2.15. The van der Waals surface area contributed by atoms with Crippen LogP contribution >= 0.6 is 11.3 Å². The summed E-state index contributed by atoms with van der Waals surface area (Å²) in [6.07, 6.45) is 2.47. The van der Waals surface area contributed by atoms with Gasteiger partial charge in [0.25, 0.3) is 0 Å². The lowest BCUT2D eigenvalue weighted by atomic mass is 10.1. The largest absolute Gasteiger partial charge is 0.315 e. The van der Waals surface area contributed by atoms with Gasteiger partial charge in [-0.1, -0.05) is 27.2 Å². The maximum atomic E-state index is 4.56. The molecule has 3 nitrogen and oxygen atoms in total. The number of aryl methyl sites for hydroxylation is 1. The zero-order valence-corrected chi connectivity index (χ0v) is 13.9. The Balaban J connectivity index is 2.44. The fourth-order valence-corrected chi connectivity index (χ4v) is 2.82. The van der Waals surface area contributed by atoms with Crippen LogP contribution in [0.5, 0.6) is 0 Å². The highest BCUT2D eigenvalue weighted by atomic mass is 32.1. The van der Waals surface area contributed by atoms with Crippen LogP contribution < -0.4 is 5.32 Å². The second kappa shape index (κ2) is 8.67. The number of nitrogens with one attached hydrogen (secondary N) is 1. The van der Waals surface area contributed by atoms with Crippen molar-refractivity contribution in [3.05, 3.63) is 16.1 Å². The van der Waals surface area contributed by atoms with E-state index in [4.69, 9.17) is 0 Å². The molecule has 1 atom stereocenters. The van der Waals surface area contributed by atoms with E-state index in [9.17, 15) is 0 Å². The first-order valence-electron chi connectivity index (χ1n) is 7.34. The van der Waals surface area contributed by atoms with Crippen LogP contribution in [0.25, 0.3) is 0 Å². The quantitative estimate of drug-likeness (QED) is 0.754. The Morgan fingerprint density at radius 1 is 1.37 bits per heavy atom. The van der Waals surface area contributed by atoms with E-state index in [0.29, 0.717) is 12.0 Å². The predicted molar refractivity (Wildman–Crippen MR) is 84.7 cm³/mol. The molecule has 110 valence electrons. The summed E-state index contributed by atoms with van der Waals surface area (Å²) in [5.74, 6) is 0.716. The fourth-order valence-electron chi connectivity index (χ4n) is 2.22. The van der Waals surface area contributed by atoms with Crippen molar-refractivity contribution in [3.63, 3.8) is 0 Å². The van der Waals surface area contributed by atoms with Gasteiger partial charge in [-0.05, 0) is 32.9 Å². The first kappa shape index (κ1) is 16.6. The Morgan fingerprint density at radius 3 is 2.63 bits per heavy atom. The van der Waals surface area contributed by atoms with E-state index in [1.165, 1.54) is 18.5 Å². The van der Waals surface area contributed by atoms with Crippen LogP contribution in [-0.2, 0) is 6.54 Å². The third-order valence-electron chi connectivity index (χ3n) is 3.26. The second-order valence-corrected chi connectivity index (χ2v) is 6.83. The molecule has 0 radical (unpaired) electrons. The molecule has 4 heteroatoms. The van der Waals surface area contributed by atoms with Crippen LogP contribution in [0.4, 0.5) is 0 Å². The Hall–Kier alpha value is -0.450. The lowest BCUT2D eigenvalue weighted by Gasteiger charge is -2.28. The Morgan fingerprint density at radius 2 is 2.11 bits per heavy atom. The number of aromatic nitrogens is 1. The van der Waals surface area contributed by atoms with Crippen molar-refractivity contribution in [2.75, 3.05) is 20.1 Å². The number of hydrogen-bond acceptors (Lipinski definition) is 4. The van der Waals surface area contributed by atoms with Crippen molar-refractivity contribution in [2.45, 2.75) is 53.1 Å². The second-order valence-electron chi connectivity index (χ2n) is 5.77. The van der Waals surface area contributed by atoms with E-state index in [-0.39, 0.29) is 0 Å². The first-order chi connectivity index (χ1) is 9.02. The molecule has 0 aliphatic carbocycles. The molecule has 0 amide bonds. The minimum Gasteiger partial charge on any atom is -0.315 e. The summed E-state index contributed by atoms with van der Waals surface area (Å²) < 4.78 is 0. The van der Waals surface area contributed by atoms with E-state index in [1.54, 1.807) is 11.3 Å². The van der Waals surface area contributed by atoms with Gasteiger partial charge < -0.3 is 5.32 Å². The van der Waals surface area contributed by atoms with E-state index < -0.39 is 0 Å². The van der Waals surface area contributed by atoms with Crippen LogP contribution in [-0.4, -0.2) is 36.1 Å². The molecule has 1 heterocycles. The maximum absolute atomic E-state index is 4.56. The molecule has 0 aromatic carbocycles. The molecular formula is C15H29N3S. The normalized spacial score (nSPS) is 13.4. The summed E-state index contributed by atoms with van der Waals surface area (Å²) in [7, 11) is 2.21. The number of likely N-dealkylation sites (N-methyl/N-ethyl adjacent to an activating group) is 1. The molecule has 0 spiro atoms. The van der Waals surface area contributed by atoms with Gasteiger partial charge >= 0.3 is 0 Å². The Kier molecular flexibility index (Phi) is 7.57. The van der Waals surface area contributed by atoms with Crippen LogP contribution in [0.3, 0.4) is 0 Å². The zero-order chi connectivity index (χ0) is 14.3. The van der Waals surface area contributed by atoms with Crippen LogP contribution in [0.2, 0.25) is 0 Å². The Labute approximate surface area is 122 Å². The van der Waals surface area contributed by atoms with E-state index in [2.05, 4.69) is 55.3 Å². The van der Waals surface area contributed by atoms with Gasteiger partial charge in [0.15, 0.2) is 0 Å². The molecule has 0 aliphatic rings. The summed E-state index contributed by atoms with van der Waals surface area (Å²) in [4.78, 5) is 6.99. The van der Waals surface area contributed by atoms with Crippen molar-refractivity contribution >= 4 is 11.3 Å². The van der Waals surface area contributed by atoms with E-state index in [1.807, 2.05) is 0 Å². The molecule has 0 aliphatic heterocycles.